The zero-order valence-corrected chi connectivity index (χ0v) is 13.2. The average Bonchev–Trinajstić information content (AvgIpc) is 2.58. The molecular weight excluding hydrogens is 329 g/mol. The topological polar surface area (TPSA) is 67.4 Å². The van der Waals surface area contributed by atoms with Gasteiger partial charge < -0.3 is 15.4 Å². The summed E-state index contributed by atoms with van der Waals surface area (Å²) in [6, 6.07) is 9.34. The zero-order chi connectivity index (χ0) is 18.2. The number of carbonyl (C=O) groups excluding carboxylic acids is 2. The van der Waals surface area contributed by atoms with Crippen LogP contribution in [-0.4, -0.2) is 32.8 Å². The molecule has 2 rings (SSSR count). The lowest BCUT2D eigenvalue weighted by Gasteiger charge is -2.09. The monoisotopic (exact) mass is 344 g/mol. The number of nitrogens with one attached hydrogen (secondary N) is 2. The molecule has 0 aliphatic rings. The second kappa shape index (κ2) is 8.82. The zero-order valence-electron chi connectivity index (χ0n) is 13.2. The van der Waals surface area contributed by atoms with Gasteiger partial charge in [-0.25, -0.2) is 8.78 Å². The van der Waals surface area contributed by atoms with E-state index >= 15 is 0 Å². The quantitative estimate of drug-likeness (QED) is 0.722. The molecule has 25 heavy (non-hydrogen) atoms. The van der Waals surface area contributed by atoms with Crippen LogP contribution in [0.4, 0.5) is 8.78 Å². The molecule has 0 heterocycles. The number of carbonyl (C=O) groups is 2. The molecule has 0 aromatic heterocycles. The Kier molecular flexibility index (Phi) is 6.50. The van der Waals surface area contributed by atoms with Crippen molar-refractivity contribution in [2.75, 3.05) is 13.2 Å². The number of rotatable bonds is 7. The van der Waals surface area contributed by atoms with Crippen LogP contribution in [0, 0.1) is 11.6 Å². The van der Waals surface area contributed by atoms with Crippen LogP contribution in [0.2, 0.25) is 0 Å². The maximum absolute atomic E-state index is 13.6. The van der Waals surface area contributed by atoms with E-state index in [4.69, 9.17) is 12.6 Å². The number of amides is 2. The summed E-state index contributed by atoms with van der Waals surface area (Å²) < 4.78 is 31.4. The smallest absolute Gasteiger partial charge is 0.258 e. The molecule has 2 aromatic rings. The summed E-state index contributed by atoms with van der Waals surface area (Å²) in [6.07, 6.45) is 0. The Morgan fingerprint density at radius 1 is 1.00 bits per heavy atom. The van der Waals surface area contributed by atoms with Gasteiger partial charge in [-0.2, -0.15) is 0 Å². The minimum atomic E-state index is -0.517. The van der Waals surface area contributed by atoms with Gasteiger partial charge in [0.1, 0.15) is 25.2 Å². The van der Waals surface area contributed by atoms with Crippen molar-refractivity contribution in [3.63, 3.8) is 0 Å². The number of ether oxygens (including phenoxy) is 1. The molecule has 8 heteroatoms. The highest BCUT2D eigenvalue weighted by Crippen LogP contribution is 2.10. The summed E-state index contributed by atoms with van der Waals surface area (Å²) in [4.78, 5) is 23.2. The number of halogens is 2. The Bertz CT molecular complexity index is 754. The van der Waals surface area contributed by atoms with E-state index in [0.29, 0.717) is 11.2 Å². The minimum absolute atomic E-state index is 0.0209. The molecule has 0 saturated carbocycles. The molecular formula is C17H15BF2N2O3. The van der Waals surface area contributed by atoms with E-state index in [-0.39, 0.29) is 25.3 Å². The van der Waals surface area contributed by atoms with Crippen molar-refractivity contribution in [2.45, 2.75) is 6.54 Å². The van der Waals surface area contributed by atoms with Gasteiger partial charge in [0, 0.05) is 12.1 Å². The molecule has 5 nitrogen and oxygen atoms in total. The van der Waals surface area contributed by atoms with E-state index in [1.54, 1.807) is 0 Å². The lowest BCUT2D eigenvalue weighted by molar-refractivity contribution is -0.127. The van der Waals surface area contributed by atoms with Crippen LogP contribution in [0.5, 0.6) is 5.75 Å². The first-order valence-corrected chi connectivity index (χ1v) is 7.39. The maximum Gasteiger partial charge on any atom is 0.258 e. The molecule has 2 radical (unpaired) electrons. The van der Waals surface area contributed by atoms with E-state index in [9.17, 15) is 18.4 Å². The first-order chi connectivity index (χ1) is 11.9. The van der Waals surface area contributed by atoms with Gasteiger partial charge in [-0.1, -0.05) is 17.6 Å². The van der Waals surface area contributed by atoms with E-state index in [1.807, 2.05) is 0 Å². The average molecular weight is 344 g/mol. The van der Waals surface area contributed by atoms with Gasteiger partial charge in [-0.15, -0.1) is 0 Å². The van der Waals surface area contributed by atoms with Crippen molar-refractivity contribution < 1.29 is 23.1 Å². The molecule has 2 amide bonds. The fourth-order valence-corrected chi connectivity index (χ4v) is 1.87. The van der Waals surface area contributed by atoms with Gasteiger partial charge in [-0.05, 0) is 30.3 Å². The van der Waals surface area contributed by atoms with E-state index < -0.39 is 23.4 Å². The molecule has 0 spiro atoms. The summed E-state index contributed by atoms with van der Waals surface area (Å²) in [5, 5.41) is 4.84. The Morgan fingerprint density at radius 3 is 2.40 bits per heavy atom. The number of hydrogen-bond donors (Lipinski definition) is 2. The Labute approximate surface area is 144 Å². The highest BCUT2D eigenvalue weighted by molar-refractivity contribution is 6.32. The fraction of sp³-hybridized carbons (Fsp3) is 0.176. The van der Waals surface area contributed by atoms with E-state index in [2.05, 4.69) is 10.6 Å². The molecule has 0 unspecified atom stereocenters. The molecule has 128 valence electrons. The van der Waals surface area contributed by atoms with Crippen molar-refractivity contribution in [3.05, 3.63) is 59.7 Å². The van der Waals surface area contributed by atoms with E-state index in [0.717, 1.165) is 6.07 Å². The summed E-state index contributed by atoms with van der Waals surface area (Å²) in [5.41, 5.74) is 0.578. The molecule has 0 atom stereocenters. The van der Waals surface area contributed by atoms with Crippen molar-refractivity contribution >= 4 is 25.1 Å². The Morgan fingerprint density at radius 2 is 1.72 bits per heavy atom. The SMILES string of the molecule is [B]c1ccc(CNC(=O)CNC(=O)COc2ccc(F)cc2)c(F)c1. The molecule has 0 aliphatic heterocycles. The Balaban J connectivity index is 1.68. The third kappa shape index (κ3) is 6.25. The molecule has 0 aliphatic carbocycles. The molecule has 2 N–H and O–H groups in total. The predicted molar refractivity (Wildman–Crippen MR) is 88.5 cm³/mol. The summed E-state index contributed by atoms with van der Waals surface area (Å²) in [6.45, 7) is -0.611. The second-order valence-electron chi connectivity index (χ2n) is 5.15. The highest BCUT2D eigenvalue weighted by Gasteiger charge is 2.08. The van der Waals surface area contributed by atoms with Gasteiger partial charge in [0.2, 0.25) is 5.91 Å². The predicted octanol–water partition coefficient (Wildman–Crippen LogP) is 0.570. The molecule has 0 fully saturated rings. The number of benzene rings is 2. The van der Waals surface area contributed by atoms with Crippen LogP contribution in [0.3, 0.4) is 0 Å². The van der Waals surface area contributed by atoms with E-state index in [1.165, 1.54) is 36.4 Å². The van der Waals surface area contributed by atoms with Gasteiger partial charge >= 0.3 is 0 Å². The number of hydrogen-bond acceptors (Lipinski definition) is 3. The molecule has 0 bridgehead atoms. The van der Waals surface area contributed by atoms with Crippen LogP contribution < -0.4 is 20.8 Å². The first-order valence-electron chi connectivity index (χ1n) is 7.39. The standard InChI is InChI=1S/C17H15BF2N2O3/c18-12-2-1-11(15(20)7-12)8-21-16(23)9-22-17(24)10-25-14-5-3-13(19)4-6-14/h1-7H,8-10H2,(H,21,23)(H,22,24). The fourth-order valence-electron chi connectivity index (χ4n) is 1.87. The third-order valence-corrected chi connectivity index (χ3v) is 3.18. The highest BCUT2D eigenvalue weighted by atomic mass is 19.1. The first kappa shape index (κ1) is 18.4. The summed E-state index contributed by atoms with van der Waals surface area (Å²) >= 11 is 0. The maximum atomic E-state index is 13.6. The lowest BCUT2D eigenvalue weighted by Crippen LogP contribution is -2.38. The van der Waals surface area contributed by atoms with Gasteiger partial charge in [0.15, 0.2) is 6.61 Å². The molecule has 0 saturated heterocycles. The molecule has 2 aromatic carbocycles. The van der Waals surface area contributed by atoms with Crippen molar-refractivity contribution in [3.8, 4) is 5.75 Å². The lowest BCUT2D eigenvalue weighted by atomic mass is 9.95. The van der Waals surface area contributed by atoms with Crippen molar-refractivity contribution in [2.24, 2.45) is 0 Å². The van der Waals surface area contributed by atoms with Crippen LogP contribution in [0.25, 0.3) is 0 Å². The minimum Gasteiger partial charge on any atom is -0.484 e. The van der Waals surface area contributed by atoms with Crippen LogP contribution in [0.1, 0.15) is 5.56 Å². The van der Waals surface area contributed by atoms with Gasteiger partial charge in [-0.3, -0.25) is 9.59 Å². The summed E-state index contributed by atoms with van der Waals surface area (Å²) in [7, 11) is 5.44. The third-order valence-electron chi connectivity index (χ3n) is 3.18. The van der Waals surface area contributed by atoms with Crippen LogP contribution >= 0.6 is 0 Å². The summed E-state index contributed by atoms with van der Waals surface area (Å²) in [5.74, 6) is -1.59. The van der Waals surface area contributed by atoms with Gasteiger partial charge in [0.05, 0.1) is 6.54 Å². The normalized spacial score (nSPS) is 10.2. The van der Waals surface area contributed by atoms with Gasteiger partial charge in [0.25, 0.3) is 5.91 Å². The largest absolute Gasteiger partial charge is 0.484 e. The second-order valence-corrected chi connectivity index (χ2v) is 5.15. The van der Waals surface area contributed by atoms with Crippen molar-refractivity contribution in [1.82, 2.24) is 10.6 Å². The van der Waals surface area contributed by atoms with Crippen LogP contribution in [0.15, 0.2) is 42.5 Å². The van der Waals surface area contributed by atoms with Crippen molar-refractivity contribution in [1.29, 1.82) is 0 Å². The Hall–Kier alpha value is -2.90. The van der Waals surface area contributed by atoms with Crippen LogP contribution in [-0.2, 0) is 16.1 Å².